The van der Waals surface area contributed by atoms with Crippen molar-refractivity contribution in [3.8, 4) is 28.3 Å². The average molecular weight is 439 g/mol. The summed E-state index contributed by atoms with van der Waals surface area (Å²) in [6.45, 7) is 1.03. The van der Waals surface area contributed by atoms with Crippen molar-refractivity contribution in [1.29, 1.82) is 5.26 Å². The summed E-state index contributed by atoms with van der Waals surface area (Å²) in [5.41, 5.74) is 11.6. The second-order valence-electron chi connectivity index (χ2n) is 9.39. The van der Waals surface area contributed by atoms with Gasteiger partial charge in [0.2, 0.25) is 0 Å². The zero-order valence-electron chi connectivity index (χ0n) is 18.6. The summed E-state index contributed by atoms with van der Waals surface area (Å²) in [4.78, 5) is 7.32. The van der Waals surface area contributed by atoms with Crippen LogP contribution >= 0.6 is 0 Å². The number of anilines is 1. The maximum absolute atomic E-state index is 9.66. The first-order valence-electron chi connectivity index (χ1n) is 11.5. The molecule has 7 rings (SSSR count). The van der Waals surface area contributed by atoms with Crippen molar-refractivity contribution >= 4 is 11.3 Å². The molecule has 8 heteroatoms. The summed E-state index contributed by atoms with van der Waals surface area (Å²) in [6, 6.07) is 9.35. The van der Waals surface area contributed by atoms with Crippen molar-refractivity contribution in [2.45, 2.75) is 37.8 Å². The van der Waals surface area contributed by atoms with Gasteiger partial charge in [0, 0.05) is 66.5 Å². The van der Waals surface area contributed by atoms with Crippen molar-refractivity contribution in [2.24, 2.45) is 18.7 Å². The Hall–Kier alpha value is -3.70. The number of hydrogen-bond donors (Lipinski definition) is 1. The van der Waals surface area contributed by atoms with E-state index in [2.05, 4.69) is 39.4 Å². The fourth-order valence-electron chi connectivity index (χ4n) is 5.56. The molecular formula is C25H26N8. The highest BCUT2D eigenvalue weighted by molar-refractivity contribution is 5.87. The Bertz CT molecular complexity index is 1360. The second-order valence-corrected chi connectivity index (χ2v) is 9.39. The minimum Gasteiger partial charge on any atom is -0.353 e. The molecule has 6 heterocycles. The average Bonchev–Trinajstić information content (AvgIpc) is 3.36. The molecule has 4 aromatic rings. The number of nitrogens with zero attached hydrogens (tertiary/aromatic N) is 7. The minimum atomic E-state index is 0.293. The van der Waals surface area contributed by atoms with E-state index in [1.165, 1.54) is 12.8 Å². The van der Waals surface area contributed by atoms with E-state index >= 15 is 0 Å². The summed E-state index contributed by atoms with van der Waals surface area (Å²) in [5, 5.41) is 18.4. The summed E-state index contributed by atoms with van der Waals surface area (Å²) in [5.74, 6) is 1.66. The van der Waals surface area contributed by atoms with Crippen LogP contribution in [0.25, 0.3) is 27.8 Å². The predicted molar refractivity (Wildman–Crippen MR) is 126 cm³/mol. The summed E-state index contributed by atoms with van der Waals surface area (Å²) in [6.07, 6.45) is 13.9. The lowest BCUT2D eigenvalue weighted by molar-refractivity contribution is 0.384. The maximum Gasteiger partial charge on any atom is 0.128 e. The van der Waals surface area contributed by atoms with E-state index in [0.717, 1.165) is 53.0 Å². The molecule has 0 radical (unpaired) electrons. The molecule has 0 aromatic carbocycles. The molecule has 166 valence electrons. The Morgan fingerprint density at radius 2 is 1.94 bits per heavy atom. The van der Waals surface area contributed by atoms with Gasteiger partial charge in [0.15, 0.2) is 0 Å². The van der Waals surface area contributed by atoms with Gasteiger partial charge in [0.1, 0.15) is 11.9 Å². The first kappa shape index (κ1) is 19.9. The van der Waals surface area contributed by atoms with Crippen LogP contribution in [0.2, 0.25) is 0 Å². The molecule has 0 amide bonds. The highest BCUT2D eigenvalue weighted by atomic mass is 15.2. The van der Waals surface area contributed by atoms with Crippen molar-refractivity contribution in [2.75, 3.05) is 11.4 Å². The van der Waals surface area contributed by atoms with Gasteiger partial charge in [0.25, 0.3) is 0 Å². The molecule has 33 heavy (non-hydrogen) atoms. The Morgan fingerprint density at radius 3 is 2.70 bits per heavy atom. The normalized spacial score (nSPS) is 22.5. The monoisotopic (exact) mass is 438 g/mol. The van der Waals surface area contributed by atoms with Gasteiger partial charge >= 0.3 is 0 Å². The number of nitrogens with two attached hydrogens (primary N) is 1. The SMILES string of the molecule is Cn1cc(-c2cc(-c3ccc(N4C[C@@H]5CC[C@@H]4C[C@H](N)C5)nc3)c3c(C#N)cnn3c2)cn1. The molecule has 0 spiro atoms. The highest BCUT2D eigenvalue weighted by Crippen LogP contribution is 2.36. The van der Waals surface area contributed by atoms with Gasteiger partial charge in [-0.25, -0.2) is 9.50 Å². The Balaban J connectivity index is 1.42. The number of aryl methyl sites for hydroxylation is 1. The quantitative estimate of drug-likeness (QED) is 0.526. The molecule has 1 aliphatic carbocycles. The molecule has 2 bridgehead atoms. The number of aromatic nitrogens is 5. The molecule has 2 aliphatic heterocycles. The van der Waals surface area contributed by atoms with Crippen molar-refractivity contribution in [1.82, 2.24) is 24.4 Å². The Labute approximate surface area is 192 Å². The molecule has 3 fully saturated rings. The lowest BCUT2D eigenvalue weighted by Gasteiger charge is -2.37. The molecule has 2 N–H and O–H groups in total. The van der Waals surface area contributed by atoms with E-state index in [9.17, 15) is 5.26 Å². The van der Waals surface area contributed by atoms with Crippen molar-refractivity contribution < 1.29 is 0 Å². The topological polar surface area (TPSA) is 101 Å². The van der Waals surface area contributed by atoms with Crippen molar-refractivity contribution in [3.63, 3.8) is 0 Å². The van der Waals surface area contributed by atoms with Crippen LogP contribution in [0.5, 0.6) is 0 Å². The third kappa shape index (κ3) is 3.45. The van der Waals surface area contributed by atoms with Gasteiger partial charge in [-0.2, -0.15) is 15.5 Å². The van der Waals surface area contributed by atoms with Crippen LogP contribution in [0.15, 0.2) is 49.2 Å². The van der Waals surface area contributed by atoms with Crippen LogP contribution in [-0.4, -0.2) is 43.0 Å². The standard InChI is InChI=1S/C25H26N8/c1-31-14-20(12-29-31)18-7-23(25-19(9-26)11-30-33(25)15-18)17-3-5-24(28-10-17)32-13-16-2-4-22(32)8-21(27)6-16/h3,5,7,10-12,14-16,21-22H,2,4,6,8,13,27H2,1H3/t16-,21-,22-/m1/s1. The van der Waals surface area contributed by atoms with Gasteiger partial charge in [0.05, 0.1) is 23.5 Å². The lowest BCUT2D eigenvalue weighted by Crippen LogP contribution is -2.42. The van der Waals surface area contributed by atoms with E-state index in [1.807, 2.05) is 31.8 Å². The van der Waals surface area contributed by atoms with Crippen LogP contribution in [0.3, 0.4) is 0 Å². The summed E-state index contributed by atoms with van der Waals surface area (Å²) < 4.78 is 3.55. The van der Waals surface area contributed by atoms with Gasteiger partial charge in [-0.05, 0) is 49.8 Å². The molecule has 4 aromatic heterocycles. The van der Waals surface area contributed by atoms with Gasteiger partial charge in [-0.3, -0.25) is 4.68 Å². The number of fused-ring (bicyclic) bond motifs is 5. The summed E-state index contributed by atoms with van der Waals surface area (Å²) >= 11 is 0. The van der Waals surface area contributed by atoms with Crippen LogP contribution in [-0.2, 0) is 7.05 Å². The van der Waals surface area contributed by atoms with Gasteiger partial charge < -0.3 is 10.6 Å². The third-order valence-corrected chi connectivity index (χ3v) is 7.14. The van der Waals surface area contributed by atoms with Gasteiger partial charge in [-0.15, -0.1) is 0 Å². The molecule has 3 aliphatic rings. The van der Waals surface area contributed by atoms with E-state index < -0.39 is 0 Å². The maximum atomic E-state index is 9.66. The van der Waals surface area contributed by atoms with E-state index in [1.54, 1.807) is 15.4 Å². The largest absolute Gasteiger partial charge is 0.353 e. The molecule has 1 saturated carbocycles. The molecule has 2 saturated heterocycles. The third-order valence-electron chi connectivity index (χ3n) is 7.14. The number of hydrogen-bond acceptors (Lipinski definition) is 6. The smallest absolute Gasteiger partial charge is 0.128 e. The molecule has 0 unspecified atom stereocenters. The van der Waals surface area contributed by atoms with Crippen LogP contribution in [0.4, 0.5) is 5.82 Å². The highest BCUT2D eigenvalue weighted by Gasteiger charge is 2.35. The van der Waals surface area contributed by atoms with Crippen molar-refractivity contribution in [3.05, 3.63) is 54.7 Å². The minimum absolute atomic E-state index is 0.293. The van der Waals surface area contributed by atoms with E-state index in [0.29, 0.717) is 23.6 Å². The fraction of sp³-hybridized carbons (Fsp3) is 0.360. The van der Waals surface area contributed by atoms with Crippen LogP contribution in [0, 0.1) is 17.2 Å². The zero-order valence-corrected chi connectivity index (χ0v) is 18.6. The number of rotatable bonds is 3. The van der Waals surface area contributed by atoms with E-state index in [-0.39, 0.29) is 0 Å². The Morgan fingerprint density at radius 1 is 1.03 bits per heavy atom. The van der Waals surface area contributed by atoms with Gasteiger partial charge in [-0.1, -0.05) is 0 Å². The second kappa shape index (κ2) is 7.71. The molecule has 8 nitrogen and oxygen atoms in total. The van der Waals surface area contributed by atoms with Crippen LogP contribution in [0.1, 0.15) is 31.2 Å². The molecular weight excluding hydrogens is 412 g/mol. The molecule has 3 atom stereocenters. The summed E-state index contributed by atoms with van der Waals surface area (Å²) in [7, 11) is 1.90. The Kier molecular flexibility index (Phi) is 4.66. The first-order valence-corrected chi connectivity index (χ1v) is 11.5. The lowest BCUT2D eigenvalue weighted by atomic mass is 9.94. The first-order chi connectivity index (χ1) is 16.1. The van der Waals surface area contributed by atoms with E-state index in [4.69, 9.17) is 10.7 Å². The zero-order chi connectivity index (χ0) is 22.5. The predicted octanol–water partition coefficient (Wildman–Crippen LogP) is 3.37. The van der Waals surface area contributed by atoms with Crippen LogP contribution < -0.4 is 10.6 Å². The number of pyridine rings is 2. The number of piperidine rings is 1. The number of nitriles is 1. The fourth-order valence-corrected chi connectivity index (χ4v) is 5.56.